The summed E-state index contributed by atoms with van der Waals surface area (Å²) in [7, 11) is 0. The van der Waals surface area contributed by atoms with Gasteiger partial charge in [-0.15, -0.1) is 0 Å². The van der Waals surface area contributed by atoms with Crippen molar-refractivity contribution in [3.05, 3.63) is 0 Å². The van der Waals surface area contributed by atoms with Crippen molar-refractivity contribution in [2.75, 3.05) is 18.6 Å². The van der Waals surface area contributed by atoms with Gasteiger partial charge in [-0.1, -0.05) is 0 Å². The van der Waals surface area contributed by atoms with Gasteiger partial charge in [0.05, 0.1) is 6.54 Å². The summed E-state index contributed by atoms with van der Waals surface area (Å²) in [6, 6.07) is -1.95. The van der Waals surface area contributed by atoms with Crippen LogP contribution in [0.5, 0.6) is 0 Å². The van der Waals surface area contributed by atoms with E-state index >= 15 is 0 Å². The quantitative estimate of drug-likeness (QED) is 0.300. The Hall–Kier alpha value is -1.81. The third-order valence-corrected chi connectivity index (χ3v) is 3.09. The molecular weight excluding hydrogens is 300 g/mol. The van der Waals surface area contributed by atoms with Crippen LogP contribution in [0.3, 0.4) is 0 Å². The molecule has 10 heteroatoms. The normalized spacial score (nSPS) is 13.0. The molecular formula is C11H20N4O5S. The lowest BCUT2D eigenvalue weighted by atomic mass is 10.1. The first-order valence-corrected chi connectivity index (χ1v) is 7.50. The number of hydrogen-bond donors (Lipinski definition) is 5. The standard InChI is InChI=1S/C11H20N4O5S/c1-21-5-7(10(18)14-4-8(13)16)15-9(17)3-2-6(12)11(19)20/h6-7H,2-5,12H2,1H3,(H2,13,16)(H,14,18)(H,15,17)(H,19,20)/t6-,7-/m0/s1. The van der Waals surface area contributed by atoms with Gasteiger partial charge in [-0.2, -0.15) is 11.8 Å². The average molecular weight is 320 g/mol. The number of carboxylic acids is 1. The summed E-state index contributed by atoms with van der Waals surface area (Å²) in [5.74, 6) is -2.59. The van der Waals surface area contributed by atoms with Crippen molar-refractivity contribution in [1.82, 2.24) is 10.6 Å². The Labute approximate surface area is 126 Å². The summed E-state index contributed by atoms with van der Waals surface area (Å²) >= 11 is 1.33. The van der Waals surface area contributed by atoms with Crippen LogP contribution in [0.15, 0.2) is 0 Å². The van der Waals surface area contributed by atoms with Gasteiger partial charge in [-0.25, -0.2) is 0 Å². The second-order valence-electron chi connectivity index (χ2n) is 4.24. The zero-order valence-electron chi connectivity index (χ0n) is 11.6. The summed E-state index contributed by atoms with van der Waals surface area (Å²) in [6.45, 7) is -0.316. The largest absolute Gasteiger partial charge is 0.480 e. The number of carbonyl (C=O) groups is 4. The maximum Gasteiger partial charge on any atom is 0.320 e. The summed E-state index contributed by atoms with van der Waals surface area (Å²) < 4.78 is 0. The number of carboxylic acid groups (broad SMARTS) is 1. The Balaban J connectivity index is 4.35. The fourth-order valence-corrected chi connectivity index (χ4v) is 1.89. The van der Waals surface area contributed by atoms with E-state index in [4.69, 9.17) is 16.6 Å². The van der Waals surface area contributed by atoms with Crippen molar-refractivity contribution in [3.63, 3.8) is 0 Å². The molecule has 0 spiro atoms. The third-order valence-electron chi connectivity index (χ3n) is 2.42. The lowest BCUT2D eigenvalue weighted by Gasteiger charge is -2.17. The molecule has 21 heavy (non-hydrogen) atoms. The van der Waals surface area contributed by atoms with E-state index < -0.39 is 35.8 Å². The summed E-state index contributed by atoms with van der Waals surface area (Å²) in [4.78, 5) is 44.5. The SMILES string of the molecule is CSC[C@H](NC(=O)CC[C@H](N)C(=O)O)C(=O)NCC(N)=O. The van der Waals surface area contributed by atoms with Crippen LogP contribution in [0.4, 0.5) is 0 Å². The topological polar surface area (TPSA) is 165 Å². The molecule has 0 fully saturated rings. The number of carbonyl (C=O) groups excluding carboxylic acids is 3. The van der Waals surface area contributed by atoms with Crippen LogP contribution in [0, 0.1) is 0 Å². The molecule has 0 aliphatic carbocycles. The molecule has 0 radical (unpaired) electrons. The minimum absolute atomic E-state index is 0.0317. The Morgan fingerprint density at radius 3 is 2.38 bits per heavy atom. The van der Waals surface area contributed by atoms with Crippen molar-refractivity contribution < 1.29 is 24.3 Å². The van der Waals surface area contributed by atoms with Gasteiger partial charge in [-0.05, 0) is 12.7 Å². The van der Waals surface area contributed by atoms with Gasteiger partial charge in [0.2, 0.25) is 17.7 Å². The fraction of sp³-hybridized carbons (Fsp3) is 0.636. The van der Waals surface area contributed by atoms with E-state index in [9.17, 15) is 19.2 Å². The second-order valence-corrected chi connectivity index (χ2v) is 5.15. The van der Waals surface area contributed by atoms with Gasteiger partial charge in [0.25, 0.3) is 0 Å². The second kappa shape index (κ2) is 10.00. The van der Waals surface area contributed by atoms with E-state index in [-0.39, 0.29) is 19.4 Å². The van der Waals surface area contributed by atoms with E-state index in [1.807, 2.05) is 0 Å². The van der Waals surface area contributed by atoms with Crippen molar-refractivity contribution >= 4 is 35.5 Å². The van der Waals surface area contributed by atoms with Gasteiger partial charge >= 0.3 is 5.97 Å². The number of thioether (sulfide) groups is 1. The first kappa shape index (κ1) is 19.2. The van der Waals surface area contributed by atoms with E-state index in [2.05, 4.69) is 10.6 Å². The highest BCUT2D eigenvalue weighted by molar-refractivity contribution is 7.98. The number of nitrogens with one attached hydrogen (secondary N) is 2. The molecule has 0 saturated carbocycles. The Bertz CT molecular complexity index is 404. The van der Waals surface area contributed by atoms with Crippen LogP contribution < -0.4 is 22.1 Å². The van der Waals surface area contributed by atoms with Gasteiger partial charge in [-0.3, -0.25) is 19.2 Å². The molecule has 120 valence electrons. The molecule has 0 bridgehead atoms. The number of primary amides is 1. The first-order valence-electron chi connectivity index (χ1n) is 6.10. The molecule has 9 nitrogen and oxygen atoms in total. The zero-order valence-corrected chi connectivity index (χ0v) is 12.4. The van der Waals surface area contributed by atoms with E-state index in [1.165, 1.54) is 11.8 Å². The highest BCUT2D eigenvalue weighted by Gasteiger charge is 2.21. The number of aliphatic carboxylic acids is 1. The number of amides is 3. The van der Waals surface area contributed by atoms with Crippen molar-refractivity contribution in [1.29, 1.82) is 0 Å². The number of rotatable bonds is 10. The molecule has 0 heterocycles. The molecule has 3 amide bonds. The lowest BCUT2D eigenvalue weighted by molar-refractivity contribution is -0.138. The molecule has 0 rings (SSSR count). The predicted molar refractivity (Wildman–Crippen MR) is 77.4 cm³/mol. The van der Waals surface area contributed by atoms with Gasteiger partial charge in [0.15, 0.2) is 0 Å². The third kappa shape index (κ3) is 8.87. The van der Waals surface area contributed by atoms with Gasteiger partial charge in [0.1, 0.15) is 12.1 Å². The Kier molecular flexibility index (Phi) is 9.13. The smallest absolute Gasteiger partial charge is 0.320 e. The minimum atomic E-state index is -1.19. The van der Waals surface area contributed by atoms with E-state index in [0.29, 0.717) is 5.75 Å². The maximum atomic E-state index is 11.8. The molecule has 0 aromatic carbocycles. The molecule has 0 aliphatic rings. The zero-order chi connectivity index (χ0) is 16.4. The van der Waals surface area contributed by atoms with Crippen LogP contribution in [-0.2, 0) is 19.2 Å². The number of hydrogen-bond acceptors (Lipinski definition) is 6. The fourth-order valence-electron chi connectivity index (χ4n) is 1.32. The summed E-state index contributed by atoms with van der Waals surface area (Å²) in [6.07, 6.45) is 1.61. The van der Waals surface area contributed by atoms with Crippen LogP contribution >= 0.6 is 11.8 Å². The highest BCUT2D eigenvalue weighted by atomic mass is 32.2. The average Bonchev–Trinajstić information content (AvgIpc) is 2.41. The lowest BCUT2D eigenvalue weighted by Crippen LogP contribution is -2.50. The number of nitrogens with two attached hydrogens (primary N) is 2. The molecule has 0 aromatic heterocycles. The van der Waals surface area contributed by atoms with Crippen LogP contribution in [0.2, 0.25) is 0 Å². The van der Waals surface area contributed by atoms with Crippen LogP contribution in [-0.4, -0.2) is 59.4 Å². The van der Waals surface area contributed by atoms with Crippen LogP contribution in [0.1, 0.15) is 12.8 Å². The summed E-state index contributed by atoms with van der Waals surface area (Å²) in [5.41, 5.74) is 10.2. The van der Waals surface area contributed by atoms with E-state index in [0.717, 1.165) is 0 Å². The maximum absolute atomic E-state index is 11.8. The Morgan fingerprint density at radius 1 is 1.29 bits per heavy atom. The van der Waals surface area contributed by atoms with E-state index in [1.54, 1.807) is 6.26 Å². The van der Waals surface area contributed by atoms with Crippen molar-refractivity contribution in [3.8, 4) is 0 Å². The Morgan fingerprint density at radius 2 is 1.90 bits per heavy atom. The molecule has 0 aromatic rings. The molecule has 2 atom stereocenters. The van der Waals surface area contributed by atoms with Crippen LogP contribution in [0.25, 0.3) is 0 Å². The monoisotopic (exact) mass is 320 g/mol. The minimum Gasteiger partial charge on any atom is -0.480 e. The molecule has 0 saturated heterocycles. The molecule has 0 aliphatic heterocycles. The van der Waals surface area contributed by atoms with Crippen molar-refractivity contribution in [2.24, 2.45) is 11.5 Å². The van der Waals surface area contributed by atoms with Gasteiger partial charge < -0.3 is 27.2 Å². The molecule has 7 N–H and O–H groups in total. The predicted octanol–water partition coefficient (Wildman–Crippen LogP) is -2.37. The first-order chi connectivity index (χ1) is 9.77. The highest BCUT2D eigenvalue weighted by Crippen LogP contribution is 2.00. The molecule has 0 unspecified atom stereocenters. The van der Waals surface area contributed by atoms with Gasteiger partial charge in [0, 0.05) is 12.2 Å². The summed E-state index contributed by atoms with van der Waals surface area (Å²) in [5, 5.41) is 13.4. The van der Waals surface area contributed by atoms with Crippen molar-refractivity contribution in [2.45, 2.75) is 24.9 Å².